The quantitative estimate of drug-likeness (QED) is 0.531. The number of hydrogen-bond acceptors (Lipinski definition) is 5. The average molecular weight is 466 g/mol. The minimum Gasteiger partial charge on any atom is -0.495 e. The monoisotopic (exact) mass is 465 g/mol. The maximum absolute atomic E-state index is 13.0. The van der Waals surface area contributed by atoms with Crippen molar-refractivity contribution in [2.75, 3.05) is 13.7 Å². The molecule has 1 amide bonds. The number of carbonyl (C=O) groups excluding carboxylic acids is 1. The van der Waals surface area contributed by atoms with Crippen molar-refractivity contribution in [2.24, 2.45) is 0 Å². The van der Waals surface area contributed by atoms with Gasteiger partial charge in [-0.15, -0.1) is 0 Å². The Balaban J connectivity index is 1.51. The first kappa shape index (κ1) is 22.9. The lowest BCUT2D eigenvalue weighted by Gasteiger charge is -2.26. The van der Waals surface area contributed by atoms with E-state index in [1.807, 2.05) is 30.3 Å². The van der Waals surface area contributed by atoms with E-state index in [1.54, 1.807) is 18.3 Å². The third-order valence-electron chi connectivity index (χ3n) is 5.79. The van der Waals surface area contributed by atoms with Crippen LogP contribution in [0.1, 0.15) is 46.1 Å². The summed E-state index contributed by atoms with van der Waals surface area (Å²) in [5.74, 6) is -0.135. The molecule has 4 rings (SSSR count). The molecule has 0 bridgehead atoms. The van der Waals surface area contributed by atoms with Crippen molar-refractivity contribution >= 4 is 15.9 Å². The number of methoxy groups -OCH3 is 1. The molecule has 1 heterocycles. The van der Waals surface area contributed by atoms with E-state index < -0.39 is 10.0 Å². The van der Waals surface area contributed by atoms with E-state index in [0.717, 1.165) is 30.5 Å². The zero-order valence-corrected chi connectivity index (χ0v) is 19.3. The zero-order chi connectivity index (χ0) is 23.3. The lowest BCUT2D eigenvalue weighted by molar-refractivity contribution is 0.0932. The van der Waals surface area contributed by atoms with Crippen molar-refractivity contribution in [1.82, 2.24) is 15.0 Å². The molecule has 0 aliphatic heterocycles. The molecule has 0 saturated heterocycles. The number of carbonyl (C=O) groups is 1. The fraction of sp³-hybridized carbons (Fsp3) is 0.280. The van der Waals surface area contributed by atoms with Gasteiger partial charge in [0.1, 0.15) is 10.6 Å². The third-order valence-corrected chi connectivity index (χ3v) is 7.27. The first-order valence-corrected chi connectivity index (χ1v) is 12.4. The summed E-state index contributed by atoms with van der Waals surface area (Å²) in [7, 11) is -2.49. The minimum atomic E-state index is -3.89. The zero-order valence-electron chi connectivity index (χ0n) is 18.5. The number of nitrogens with one attached hydrogen (secondary N) is 2. The number of nitrogens with zero attached hydrogens (tertiary/aromatic N) is 1. The van der Waals surface area contributed by atoms with Gasteiger partial charge in [-0.3, -0.25) is 9.78 Å². The van der Waals surface area contributed by atoms with E-state index in [0.29, 0.717) is 6.42 Å². The van der Waals surface area contributed by atoms with Crippen LogP contribution in [0, 0.1) is 0 Å². The van der Waals surface area contributed by atoms with Crippen molar-refractivity contribution < 1.29 is 17.9 Å². The lowest BCUT2D eigenvalue weighted by Crippen LogP contribution is -2.31. The SMILES string of the molecule is COc1ccc(C(=O)NC2CCCc3ccccc32)cc1S(=O)(=O)NCCc1ccccn1. The van der Waals surface area contributed by atoms with Gasteiger partial charge in [0.25, 0.3) is 5.91 Å². The normalized spacial score (nSPS) is 15.5. The van der Waals surface area contributed by atoms with Crippen LogP contribution in [0.5, 0.6) is 5.75 Å². The van der Waals surface area contributed by atoms with Crippen molar-refractivity contribution in [3.05, 3.63) is 89.2 Å². The number of aromatic nitrogens is 1. The van der Waals surface area contributed by atoms with Gasteiger partial charge in [0, 0.05) is 30.4 Å². The number of fused-ring (bicyclic) bond motifs is 1. The summed E-state index contributed by atoms with van der Waals surface area (Å²) in [4.78, 5) is 17.2. The molecule has 1 unspecified atom stereocenters. The van der Waals surface area contributed by atoms with Gasteiger partial charge in [0.05, 0.1) is 13.2 Å². The van der Waals surface area contributed by atoms with E-state index in [2.05, 4.69) is 21.1 Å². The Bertz CT molecular complexity index is 1230. The minimum absolute atomic E-state index is 0.0669. The Morgan fingerprint density at radius 3 is 2.73 bits per heavy atom. The van der Waals surface area contributed by atoms with Crippen molar-refractivity contribution in [3.8, 4) is 5.75 Å². The highest BCUT2D eigenvalue weighted by molar-refractivity contribution is 7.89. The van der Waals surface area contributed by atoms with E-state index in [9.17, 15) is 13.2 Å². The molecular formula is C25H27N3O4S. The summed E-state index contributed by atoms with van der Waals surface area (Å²) in [6, 6.07) is 18.0. The highest BCUT2D eigenvalue weighted by Gasteiger charge is 2.25. The van der Waals surface area contributed by atoms with Gasteiger partial charge >= 0.3 is 0 Å². The average Bonchev–Trinajstić information content (AvgIpc) is 2.84. The first-order valence-electron chi connectivity index (χ1n) is 10.9. The van der Waals surface area contributed by atoms with E-state index in [-0.39, 0.29) is 34.7 Å². The van der Waals surface area contributed by atoms with Crippen LogP contribution in [0.3, 0.4) is 0 Å². The fourth-order valence-corrected chi connectivity index (χ4v) is 5.34. The second kappa shape index (κ2) is 10.1. The summed E-state index contributed by atoms with van der Waals surface area (Å²) in [5.41, 5.74) is 3.41. The summed E-state index contributed by atoms with van der Waals surface area (Å²) < 4.78 is 33.8. The van der Waals surface area contributed by atoms with Crippen LogP contribution in [0.25, 0.3) is 0 Å². The predicted octanol–water partition coefficient (Wildman–Crippen LogP) is 3.42. The van der Waals surface area contributed by atoms with Crippen LogP contribution in [0.2, 0.25) is 0 Å². The Morgan fingerprint density at radius 1 is 1.12 bits per heavy atom. The maximum atomic E-state index is 13.0. The van der Waals surface area contributed by atoms with E-state index in [1.165, 1.54) is 24.8 Å². The van der Waals surface area contributed by atoms with Crippen LogP contribution in [-0.2, 0) is 22.9 Å². The Morgan fingerprint density at radius 2 is 1.94 bits per heavy atom. The van der Waals surface area contributed by atoms with Gasteiger partial charge in [-0.25, -0.2) is 13.1 Å². The largest absolute Gasteiger partial charge is 0.495 e. The molecule has 1 atom stereocenters. The lowest BCUT2D eigenvalue weighted by atomic mass is 9.87. The van der Waals surface area contributed by atoms with Crippen LogP contribution in [0.15, 0.2) is 71.8 Å². The topological polar surface area (TPSA) is 97.4 Å². The molecule has 3 aromatic rings. The first-order chi connectivity index (χ1) is 16.0. The molecule has 1 aliphatic carbocycles. The highest BCUT2D eigenvalue weighted by Crippen LogP contribution is 2.30. The molecule has 8 heteroatoms. The predicted molar refractivity (Wildman–Crippen MR) is 126 cm³/mol. The Labute approximate surface area is 194 Å². The number of rotatable bonds is 8. The van der Waals surface area contributed by atoms with Gasteiger partial charge < -0.3 is 10.1 Å². The number of ether oxygens (including phenoxy) is 1. The van der Waals surface area contributed by atoms with Gasteiger partial charge in [-0.2, -0.15) is 0 Å². The van der Waals surface area contributed by atoms with E-state index >= 15 is 0 Å². The summed E-state index contributed by atoms with van der Waals surface area (Å²) >= 11 is 0. The molecule has 7 nitrogen and oxygen atoms in total. The molecule has 0 fully saturated rings. The summed E-state index contributed by atoms with van der Waals surface area (Å²) in [5, 5.41) is 3.07. The fourth-order valence-electron chi connectivity index (χ4n) is 4.11. The van der Waals surface area contributed by atoms with Gasteiger partial charge in [-0.05, 0) is 60.7 Å². The third kappa shape index (κ3) is 5.40. The molecule has 0 radical (unpaired) electrons. The number of pyridine rings is 1. The molecule has 172 valence electrons. The van der Waals surface area contributed by atoms with Crippen molar-refractivity contribution in [2.45, 2.75) is 36.6 Å². The van der Waals surface area contributed by atoms with E-state index in [4.69, 9.17) is 4.74 Å². The number of aryl methyl sites for hydroxylation is 1. The summed E-state index contributed by atoms with van der Waals surface area (Å²) in [6.07, 6.45) is 4.95. The van der Waals surface area contributed by atoms with Gasteiger partial charge in [0.2, 0.25) is 10.0 Å². The van der Waals surface area contributed by atoms with Gasteiger partial charge in [0.15, 0.2) is 0 Å². The standard InChI is InChI=1S/C25H27N3O4S/c1-32-23-13-12-19(25(29)28-22-11-6-8-18-7-2-3-10-21(18)22)17-24(23)33(30,31)27-16-14-20-9-4-5-15-26-20/h2-5,7,9-10,12-13,15,17,22,27H,6,8,11,14,16H2,1H3,(H,28,29). The Hall–Kier alpha value is -3.23. The summed E-state index contributed by atoms with van der Waals surface area (Å²) in [6.45, 7) is 0.178. The number of amides is 1. The highest BCUT2D eigenvalue weighted by atomic mass is 32.2. The molecule has 2 N–H and O–H groups in total. The van der Waals surface area contributed by atoms with Crippen LogP contribution >= 0.6 is 0 Å². The number of hydrogen-bond donors (Lipinski definition) is 2. The maximum Gasteiger partial charge on any atom is 0.251 e. The number of benzene rings is 2. The van der Waals surface area contributed by atoms with Crippen molar-refractivity contribution in [3.63, 3.8) is 0 Å². The molecule has 0 saturated carbocycles. The molecule has 1 aliphatic rings. The molecule has 33 heavy (non-hydrogen) atoms. The smallest absolute Gasteiger partial charge is 0.251 e. The van der Waals surface area contributed by atoms with Crippen molar-refractivity contribution in [1.29, 1.82) is 0 Å². The van der Waals surface area contributed by atoms with Gasteiger partial charge in [-0.1, -0.05) is 30.3 Å². The van der Waals surface area contributed by atoms with Crippen LogP contribution in [-0.4, -0.2) is 33.0 Å². The molecule has 1 aromatic heterocycles. The second-order valence-corrected chi connectivity index (χ2v) is 9.69. The molecule has 2 aromatic carbocycles. The van der Waals surface area contributed by atoms with Crippen LogP contribution in [0.4, 0.5) is 0 Å². The molecule has 0 spiro atoms. The second-order valence-electron chi connectivity index (χ2n) is 7.95. The number of sulfonamides is 1. The Kier molecular flexibility index (Phi) is 7.05. The van der Waals surface area contributed by atoms with Crippen LogP contribution < -0.4 is 14.8 Å². The molecular weight excluding hydrogens is 438 g/mol.